The fraction of sp³-hybridized carbons (Fsp3) is 0.462. The fourth-order valence-corrected chi connectivity index (χ4v) is 4.85. The highest BCUT2D eigenvalue weighted by atomic mass is 16.5. The minimum Gasteiger partial charge on any atom is -0.497 e. The maximum atomic E-state index is 13.6. The van der Waals surface area contributed by atoms with Crippen molar-refractivity contribution in [2.45, 2.75) is 70.0 Å². The summed E-state index contributed by atoms with van der Waals surface area (Å²) in [5.41, 5.74) is 1.67. The summed E-state index contributed by atoms with van der Waals surface area (Å²) >= 11 is 0. The minimum atomic E-state index is -0.933. The van der Waals surface area contributed by atoms with Gasteiger partial charge in [-0.2, -0.15) is 0 Å². The van der Waals surface area contributed by atoms with Crippen molar-refractivity contribution in [1.82, 2.24) is 10.2 Å². The predicted molar refractivity (Wildman–Crippen MR) is 121 cm³/mol. The average Bonchev–Trinajstić information content (AvgIpc) is 3.05. The highest BCUT2D eigenvalue weighted by Crippen LogP contribution is 2.33. The van der Waals surface area contributed by atoms with Gasteiger partial charge in [0.15, 0.2) is 0 Å². The molecule has 5 heteroatoms. The Morgan fingerprint density at radius 3 is 2.42 bits per heavy atom. The zero-order valence-corrected chi connectivity index (χ0v) is 18.5. The van der Waals surface area contributed by atoms with E-state index in [9.17, 15) is 9.59 Å². The molecule has 1 aliphatic heterocycles. The van der Waals surface area contributed by atoms with Crippen molar-refractivity contribution in [2.24, 2.45) is 0 Å². The molecule has 1 heterocycles. The molecular formula is C26H32N2O3. The molecule has 1 saturated carbocycles. The molecule has 2 aliphatic rings. The minimum absolute atomic E-state index is 0.0456. The lowest BCUT2D eigenvalue weighted by atomic mass is 9.82. The third-order valence-corrected chi connectivity index (χ3v) is 6.80. The second-order valence-corrected chi connectivity index (χ2v) is 9.01. The first-order valence-corrected chi connectivity index (χ1v) is 11.3. The van der Waals surface area contributed by atoms with Gasteiger partial charge in [-0.1, -0.05) is 56.0 Å². The Morgan fingerprint density at radius 2 is 1.74 bits per heavy atom. The Bertz CT molecular complexity index is 932. The van der Waals surface area contributed by atoms with Gasteiger partial charge >= 0.3 is 0 Å². The predicted octanol–water partition coefficient (Wildman–Crippen LogP) is 4.49. The lowest BCUT2D eigenvalue weighted by molar-refractivity contribution is -0.132. The number of rotatable bonds is 5. The number of hydrogen-bond donors (Lipinski definition) is 1. The van der Waals surface area contributed by atoms with E-state index in [0.29, 0.717) is 18.5 Å². The summed E-state index contributed by atoms with van der Waals surface area (Å²) in [5.74, 6) is 0.639. The molecule has 0 bridgehead atoms. The summed E-state index contributed by atoms with van der Waals surface area (Å²) < 4.78 is 5.26. The van der Waals surface area contributed by atoms with Crippen molar-refractivity contribution in [2.75, 3.05) is 7.11 Å². The number of methoxy groups -OCH3 is 1. The number of hydrogen-bond acceptors (Lipinski definition) is 3. The molecule has 1 N–H and O–H groups in total. The van der Waals surface area contributed by atoms with Gasteiger partial charge in [0.25, 0.3) is 5.91 Å². The summed E-state index contributed by atoms with van der Waals surface area (Å²) in [6, 6.07) is 15.5. The van der Waals surface area contributed by atoms with Crippen molar-refractivity contribution < 1.29 is 14.3 Å². The van der Waals surface area contributed by atoms with Gasteiger partial charge in [0, 0.05) is 24.6 Å². The third kappa shape index (κ3) is 4.46. The second kappa shape index (κ2) is 9.13. The topological polar surface area (TPSA) is 58.6 Å². The lowest BCUT2D eigenvalue weighted by Gasteiger charge is -2.44. The van der Waals surface area contributed by atoms with Gasteiger partial charge in [-0.3, -0.25) is 9.59 Å². The van der Waals surface area contributed by atoms with Crippen LogP contribution in [0.4, 0.5) is 0 Å². The van der Waals surface area contributed by atoms with Gasteiger partial charge in [-0.25, -0.2) is 0 Å². The normalized spacial score (nSPS) is 21.9. The van der Waals surface area contributed by atoms with Crippen LogP contribution in [0.5, 0.6) is 5.75 Å². The Kier molecular flexibility index (Phi) is 6.30. The van der Waals surface area contributed by atoms with Crippen LogP contribution in [0.1, 0.15) is 66.9 Å². The van der Waals surface area contributed by atoms with Crippen LogP contribution in [0.3, 0.4) is 0 Å². The van der Waals surface area contributed by atoms with Crippen molar-refractivity contribution in [3.05, 3.63) is 65.2 Å². The summed E-state index contributed by atoms with van der Waals surface area (Å²) in [5, 5.41) is 3.30. The van der Waals surface area contributed by atoms with Crippen LogP contribution in [0.2, 0.25) is 0 Å². The van der Waals surface area contributed by atoms with Gasteiger partial charge in [0.05, 0.1) is 7.11 Å². The van der Waals surface area contributed by atoms with Crippen LogP contribution in [0, 0.1) is 0 Å². The third-order valence-electron chi connectivity index (χ3n) is 6.80. The maximum Gasteiger partial charge on any atom is 0.255 e. The molecule has 2 aromatic rings. The number of amides is 2. The molecule has 4 rings (SSSR count). The molecule has 1 fully saturated rings. The van der Waals surface area contributed by atoms with E-state index in [0.717, 1.165) is 42.6 Å². The van der Waals surface area contributed by atoms with Crippen LogP contribution in [0.15, 0.2) is 48.5 Å². The van der Waals surface area contributed by atoms with Gasteiger partial charge in [-0.15, -0.1) is 0 Å². The number of nitrogens with zero attached hydrogens (tertiary/aromatic N) is 1. The zero-order chi connectivity index (χ0) is 21.8. The second-order valence-electron chi connectivity index (χ2n) is 9.01. The first-order valence-electron chi connectivity index (χ1n) is 11.3. The van der Waals surface area contributed by atoms with E-state index in [1.165, 1.54) is 12.8 Å². The number of carbonyl (C=O) groups is 2. The Labute approximate surface area is 184 Å². The molecule has 0 aromatic heterocycles. The highest BCUT2D eigenvalue weighted by Gasteiger charge is 2.47. The van der Waals surface area contributed by atoms with Crippen LogP contribution in [-0.2, 0) is 17.8 Å². The van der Waals surface area contributed by atoms with Gasteiger partial charge in [0.1, 0.15) is 11.3 Å². The molecule has 2 aromatic carbocycles. The molecule has 164 valence electrons. The zero-order valence-electron chi connectivity index (χ0n) is 18.5. The average molecular weight is 421 g/mol. The molecule has 0 radical (unpaired) electrons. The van der Waals surface area contributed by atoms with E-state index < -0.39 is 5.54 Å². The van der Waals surface area contributed by atoms with Gasteiger partial charge in [0.2, 0.25) is 5.91 Å². The number of fused-ring (bicyclic) bond motifs is 1. The molecule has 31 heavy (non-hydrogen) atoms. The molecule has 2 amide bonds. The first kappa shape index (κ1) is 21.4. The van der Waals surface area contributed by atoms with Gasteiger partial charge in [-0.05, 0) is 49.1 Å². The number of ether oxygens (including phenoxy) is 1. The fourth-order valence-electron chi connectivity index (χ4n) is 4.85. The van der Waals surface area contributed by atoms with E-state index in [1.807, 2.05) is 55.5 Å². The molecule has 1 atom stereocenters. The molecule has 0 saturated heterocycles. The van der Waals surface area contributed by atoms with E-state index in [2.05, 4.69) is 5.32 Å². The quantitative estimate of drug-likeness (QED) is 0.725. The van der Waals surface area contributed by atoms with Crippen LogP contribution in [-0.4, -0.2) is 35.4 Å². The molecule has 1 aliphatic carbocycles. The Hall–Kier alpha value is -2.82. The van der Waals surface area contributed by atoms with E-state index in [1.54, 1.807) is 12.0 Å². The smallest absolute Gasteiger partial charge is 0.255 e. The van der Waals surface area contributed by atoms with Gasteiger partial charge < -0.3 is 15.0 Å². The summed E-state index contributed by atoms with van der Waals surface area (Å²) in [6.07, 6.45) is 7.33. The number of carbonyl (C=O) groups excluding carboxylic acids is 2. The monoisotopic (exact) mass is 420 g/mol. The van der Waals surface area contributed by atoms with E-state index in [4.69, 9.17) is 4.74 Å². The molecule has 5 nitrogen and oxygen atoms in total. The van der Waals surface area contributed by atoms with Crippen molar-refractivity contribution in [3.8, 4) is 5.75 Å². The van der Waals surface area contributed by atoms with E-state index in [-0.39, 0.29) is 17.9 Å². The van der Waals surface area contributed by atoms with Crippen LogP contribution in [0.25, 0.3) is 0 Å². The Morgan fingerprint density at radius 1 is 1.06 bits per heavy atom. The molecule has 0 spiro atoms. The number of benzene rings is 2. The molecular weight excluding hydrogens is 388 g/mol. The van der Waals surface area contributed by atoms with E-state index >= 15 is 0 Å². The summed E-state index contributed by atoms with van der Waals surface area (Å²) in [4.78, 5) is 28.9. The van der Waals surface area contributed by atoms with Crippen LogP contribution >= 0.6 is 0 Å². The number of nitrogens with one attached hydrogen (secondary N) is 1. The first-order chi connectivity index (χ1) is 15.0. The molecule has 1 unspecified atom stereocenters. The van der Waals surface area contributed by atoms with Crippen molar-refractivity contribution >= 4 is 11.8 Å². The maximum absolute atomic E-state index is 13.6. The largest absolute Gasteiger partial charge is 0.497 e. The van der Waals surface area contributed by atoms with Crippen molar-refractivity contribution in [1.29, 1.82) is 0 Å². The van der Waals surface area contributed by atoms with Crippen molar-refractivity contribution in [3.63, 3.8) is 0 Å². The summed E-state index contributed by atoms with van der Waals surface area (Å²) in [7, 11) is 1.63. The van der Waals surface area contributed by atoms with Crippen LogP contribution < -0.4 is 10.1 Å². The summed E-state index contributed by atoms with van der Waals surface area (Å²) in [6.45, 7) is 2.29. The highest BCUT2D eigenvalue weighted by molar-refractivity contribution is 6.02. The SMILES string of the molecule is COc1ccc(CN2C(=O)c3ccccc3CC2(C)C(=O)NC2CCCCCC2)cc1. The Balaban J connectivity index is 1.64. The standard InChI is InChI=1S/C26H32N2O3/c1-26(25(30)27-21-10-5-3-4-6-11-21)17-20-9-7-8-12-23(20)24(29)28(26)18-19-13-15-22(31-2)16-14-19/h7-9,12-16,21H,3-6,10-11,17-18H2,1-2H3,(H,27,30). The lowest BCUT2D eigenvalue weighted by Crippen LogP contribution is -2.63.